The molecule has 1 heterocycles. The molecule has 0 saturated carbocycles. The number of sulfonamides is 1. The third-order valence-electron chi connectivity index (χ3n) is 4.41. The third-order valence-corrected chi connectivity index (χ3v) is 6.29. The molecule has 0 spiro atoms. The predicted octanol–water partition coefficient (Wildman–Crippen LogP) is 3.55. The van der Waals surface area contributed by atoms with Gasteiger partial charge in [-0.25, -0.2) is 13.1 Å². The molecule has 0 bridgehead atoms. The van der Waals surface area contributed by atoms with Crippen LogP contribution in [0.4, 0.5) is 0 Å². The van der Waals surface area contributed by atoms with E-state index in [1.165, 1.54) is 0 Å². The van der Waals surface area contributed by atoms with Gasteiger partial charge in [0.05, 0.1) is 5.02 Å². The van der Waals surface area contributed by atoms with Gasteiger partial charge in [0, 0.05) is 6.54 Å². The van der Waals surface area contributed by atoms with Crippen LogP contribution in [0.1, 0.15) is 45.1 Å². The van der Waals surface area contributed by atoms with Gasteiger partial charge in [-0.3, -0.25) is 0 Å². The molecule has 0 atom stereocenters. The van der Waals surface area contributed by atoms with E-state index in [9.17, 15) is 8.42 Å². The predicted molar refractivity (Wildman–Crippen MR) is 98.2 cm³/mol. The van der Waals surface area contributed by atoms with Gasteiger partial charge in [0.1, 0.15) is 4.90 Å². The van der Waals surface area contributed by atoms with Gasteiger partial charge >= 0.3 is 0 Å². The van der Waals surface area contributed by atoms with E-state index in [4.69, 9.17) is 11.6 Å². The van der Waals surface area contributed by atoms with E-state index < -0.39 is 10.0 Å². The van der Waals surface area contributed by atoms with Crippen LogP contribution in [0.5, 0.6) is 0 Å². The first-order chi connectivity index (χ1) is 10.2. The number of nitrogens with one attached hydrogen (secondary N) is 2. The standard InChI is InChI=1S/C16H25ClN2O2S.ClH/c1-12(2)13-4-5-14(17)15(10-13)22(20,21)19-11-16(3)6-8-18-9-7-16;/h4-5,10,12,18-19H,6-9,11H2,1-3H3;1H. The molecule has 1 saturated heterocycles. The van der Waals surface area contributed by atoms with E-state index in [-0.39, 0.29) is 33.7 Å². The highest BCUT2D eigenvalue weighted by atomic mass is 35.5. The molecule has 0 aliphatic carbocycles. The van der Waals surface area contributed by atoms with Crippen molar-refractivity contribution < 1.29 is 8.42 Å². The van der Waals surface area contributed by atoms with Gasteiger partial charge < -0.3 is 5.32 Å². The fourth-order valence-electron chi connectivity index (χ4n) is 2.64. The smallest absolute Gasteiger partial charge is 0.242 e. The van der Waals surface area contributed by atoms with E-state index >= 15 is 0 Å². The Balaban J connectivity index is 0.00000264. The maximum absolute atomic E-state index is 12.6. The van der Waals surface area contributed by atoms with Crippen LogP contribution in [-0.4, -0.2) is 28.1 Å². The molecule has 1 aliphatic rings. The molecule has 0 aromatic heterocycles. The molecular formula is C16H26Cl2N2O2S. The SMILES string of the molecule is CC(C)c1ccc(Cl)c(S(=O)(=O)NCC2(C)CCNCC2)c1.Cl. The minimum Gasteiger partial charge on any atom is -0.317 e. The molecule has 1 aromatic carbocycles. The molecular weight excluding hydrogens is 355 g/mol. The van der Waals surface area contributed by atoms with E-state index in [0.717, 1.165) is 31.5 Å². The summed E-state index contributed by atoms with van der Waals surface area (Å²) >= 11 is 6.11. The summed E-state index contributed by atoms with van der Waals surface area (Å²) in [5, 5.41) is 3.57. The fraction of sp³-hybridized carbons (Fsp3) is 0.625. The highest BCUT2D eigenvalue weighted by molar-refractivity contribution is 7.89. The van der Waals surface area contributed by atoms with Crippen LogP contribution in [-0.2, 0) is 10.0 Å². The monoisotopic (exact) mass is 380 g/mol. The number of hydrogen-bond donors (Lipinski definition) is 2. The average Bonchev–Trinajstić information content (AvgIpc) is 2.46. The van der Waals surface area contributed by atoms with Crippen molar-refractivity contribution in [3.8, 4) is 0 Å². The molecule has 132 valence electrons. The Morgan fingerprint density at radius 2 is 1.91 bits per heavy atom. The van der Waals surface area contributed by atoms with Crippen LogP contribution in [0.15, 0.2) is 23.1 Å². The van der Waals surface area contributed by atoms with Crippen LogP contribution < -0.4 is 10.0 Å². The van der Waals surface area contributed by atoms with Gasteiger partial charge in [0.15, 0.2) is 0 Å². The second-order valence-corrected chi connectivity index (χ2v) is 8.87. The lowest BCUT2D eigenvalue weighted by Crippen LogP contribution is -2.42. The van der Waals surface area contributed by atoms with Gasteiger partial charge in [-0.05, 0) is 55.0 Å². The molecule has 1 aliphatic heterocycles. The molecule has 4 nitrogen and oxygen atoms in total. The van der Waals surface area contributed by atoms with Gasteiger partial charge in [-0.1, -0.05) is 38.4 Å². The summed E-state index contributed by atoms with van der Waals surface area (Å²) < 4.78 is 28.0. The van der Waals surface area contributed by atoms with Gasteiger partial charge in [0.2, 0.25) is 10.0 Å². The molecule has 2 rings (SSSR count). The van der Waals surface area contributed by atoms with E-state index in [1.807, 2.05) is 19.9 Å². The van der Waals surface area contributed by atoms with Crippen molar-refractivity contribution in [3.05, 3.63) is 28.8 Å². The molecule has 1 fully saturated rings. The Kier molecular flexibility index (Phi) is 7.36. The lowest BCUT2D eigenvalue weighted by Gasteiger charge is -2.34. The Labute approximate surface area is 150 Å². The summed E-state index contributed by atoms with van der Waals surface area (Å²) in [5.74, 6) is 0.258. The summed E-state index contributed by atoms with van der Waals surface area (Å²) in [6.45, 7) is 8.50. The molecule has 23 heavy (non-hydrogen) atoms. The number of halogens is 2. The van der Waals surface area contributed by atoms with E-state index in [0.29, 0.717) is 6.54 Å². The van der Waals surface area contributed by atoms with Crippen LogP contribution in [0, 0.1) is 5.41 Å². The summed E-state index contributed by atoms with van der Waals surface area (Å²) in [5.41, 5.74) is 0.971. The van der Waals surface area contributed by atoms with Crippen molar-refractivity contribution in [1.29, 1.82) is 0 Å². The van der Waals surface area contributed by atoms with Crippen molar-refractivity contribution in [1.82, 2.24) is 10.0 Å². The Bertz CT molecular complexity index is 627. The van der Waals surface area contributed by atoms with Crippen molar-refractivity contribution >= 4 is 34.0 Å². The zero-order chi connectivity index (χ0) is 16.4. The minimum absolute atomic E-state index is 0. The summed E-state index contributed by atoms with van der Waals surface area (Å²) in [4.78, 5) is 0.179. The molecule has 0 amide bonds. The van der Waals surface area contributed by atoms with Gasteiger partial charge in [-0.2, -0.15) is 0 Å². The van der Waals surface area contributed by atoms with Gasteiger partial charge in [0.25, 0.3) is 0 Å². The largest absolute Gasteiger partial charge is 0.317 e. The quantitative estimate of drug-likeness (QED) is 0.820. The van der Waals surface area contributed by atoms with Crippen molar-refractivity contribution in [3.63, 3.8) is 0 Å². The Morgan fingerprint density at radius 3 is 2.48 bits per heavy atom. The van der Waals surface area contributed by atoms with Crippen molar-refractivity contribution in [2.45, 2.75) is 44.4 Å². The lowest BCUT2D eigenvalue weighted by atomic mass is 9.81. The van der Waals surface area contributed by atoms with Crippen LogP contribution in [0.2, 0.25) is 5.02 Å². The zero-order valence-corrected chi connectivity index (χ0v) is 16.2. The topological polar surface area (TPSA) is 58.2 Å². The number of piperidine rings is 1. The lowest BCUT2D eigenvalue weighted by molar-refractivity contribution is 0.232. The maximum atomic E-state index is 12.6. The maximum Gasteiger partial charge on any atom is 0.242 e. The van der Waals surface area contributed by atoms with Crippen LogP contribution in [0.25, 0.3) is 0 Å². The van der Waals surface area contributed by atoms with Crippen LogP contribution >= 0.6 is 24.0 Å². The highest BCUT2D eigenvalue weighted by Crippen LogP contribution is 2.29. The molecule has 7 heteroatoms. The number of hydrogen-bond acceptors (Lipinski definition) is 3. The summed E-state index contributed by atoms with van der Waals surface area (Å²) in [6.07, 6.45) is 1.94. The molecule has 2 N–H and O–H groups in total. The first kappa shape index (κ1) is 20.7. The Hall–Kier alpha value is -0.330. The van der Waals surface area contributed by atoms with Crippen molar-refractivity contribution in [2.24, 2.45) is 5.41 Å². The van der Waals surface area contributed by atoms with E-state index in [1.54, 1.807) is 12.1 Å². The van der Waals surface area contributed by atoms with Crippen molar-refractivity contribution in [2.75, 3.05) is 19.6 Å². The first-order valence-electron chi connectivity index (χ1n) is 7.73. The summed E-state index contributed by atoms with van der Waals surface area (Å²) in [7, 11) is -3.59. The minimum atomic E-state index is -3.59. The second-order valence-electron chi connectivity index (χ2n) is 6.73. The number of rotatable bonds is 5. The number of benzene rings is 1. The third kappa shape index (κ3) is 5.33. The average molecular weight is 381 g/mol. The molecule has 0 unspecified atom stereocenters. The van der Waals surface area contributed by atoms with Gasteiger partial charge in [-0.15, -0.1) is 12.4 Å². The fourth-order valence-corrected chi connectivity index (χ4v) is 4.37. The molecule has 0 radical (unpaired) electrons. The van der Waals surface area contributed by atoms with Crippen LogP contribution in [0.3, 0.4) is 0 Å². The normalized spacial score (nSPS) is 17.8. The molecule has 1 aromatic rings. The first-order valence-corrected chi connectivity index (χ1v) is 9.59. The zero-order valence-electron chi connectivity index (χ0n) is 13.9. The summed E-state index contributed by atoms with van der Waals surface area (Å²) in [6, 6.07) is 5.22. The van der Waals surface area contributed by atoms with E-state index in [2.05, 4.69) is 17.0 Å². The Morgan fingerprint density at radius 1 is 1.30 bits per heavy atom. The highest BCUT2D eigenvalue weighted by Gasteiger charge is 2.29. The second kappa shape index (κ2) is 8.17.